The van der Waals surface area contributed by atoms with Crippen LogP contribution in [0.25, 0.3) is 0 Å². The number of hydrogen-bond acceptors (Lipinski definition) is 2. The quantitative estimate of drug-likeness (QED) is 0.764. The number of fused-ring (bicyclic) bond motifs is 1. The summed E-state index contributed by atoms with van der Waals surface area (Å²) in [6.45, 7) is 4.68. The van der Waals surface area contributed by atoms with Crippen molar-refractivity contribution in [1.82, 2.24) is 0 Å². The fourth-order valence-corrected chi connectivity index (χ4v) is 4.66. The summed E-state index contributed by atoms with van der Waals surface area (Å²) in [5, 5.41) is 10.2. The lowest BCUT2D eigenvalue weighted by Gasteiger charge is -2.45. The summed E-state index contributed by atoms with van der Waals surface area (Å²) in [5.74, 6) is 1.85. The van der Waals surface area contributed by atoms with Crippen LogP contribution in [0.4, 0.5) is 0 Å². The van der Waals surface area contributed by atoms with Gasteiger partial charge >= 0.3 is 0 Å². The van der Waals surface area contributed by atoms with Gasteiger partial charge in [0.25, 0.3) is 0 Å². The van der Waals surface area contributed by atoms with Crippen LogP contribution in [0.3, 0.4) is 0 Å². The Labute approximate surface area is 105 Å². The molecule has 2 saturated carbocycles. The van der Waals surface area contributed by atoms with Crippen LogP contribution in [0.1, 0.15) is 58.8 Å². The molecule has 2 heteroatoms. The van der Waals surface area contributed by atoms with Gasteiger partial charge < -0.3 is 9.90 Å². The zero-order valence-corrected chi connectivity index (χ0v) is 11.2. The predicted octanol–water partition coefficient (Wildman–Crippen LogP) is 3.18. The number of aldehydes is 1. The van der Waals surface area contributed by atoms with Crippen LogP contribution < -0.4 is 0 Å². The minimum absolute atomic E-state index is 0.0722. The van der Waals surface area contributed by atoms with Gasteiger partial charge in [-0.25, -0.2) is 0 Å². The first-order chi connectivity index (χ1) is 8.09. The molecular weight excluding hydrogens is 212 g/mol. The third-order valence-corrected chi connectivity index (χ3v) is 5.59. The average Bonchev–Trinajstić information content (AvgIpc) is 2.64. The number of carbonyl (C=O) groups excluding carboxylic acids is 1. The molecule has 2 rings (SSSR count). The van der Waals surface area contributed by atoms with Crippen LogP contribution in [0, 0.1) is 23.2 Å². The summed E-state index contributed by atoms with van der Waals surface area (Å²) in [6, 6.07) is 0. The van der Waals surface area contributed by atoms with Gasteiger partial charge in [-0.1, -0.05) is 20.3 Å². The molecule has 0 amide bonds. The summed E-state index contributed by atoms with van der Waals surface area (Å²) in [5.41, 5.74) is 0.333. The van der Waals surface area contributed by atoms with E-state index in [0.717, 1.165) is 19.1 Å². The molecule has 2 aliphatic rings. The SMILES string of the molecule is CC(CCC=O)C1CCC2C(O)CCCC12C. The molecule has 0 saturated heterocycles. The van der Waals surface area contributed by atoms with E-state index in [9.17, 15) is 9.90 Å². The zero-order valence-electron chi connectivity index (χ0n) is 11.2. The highest BCUT2D eigenvalue weighted by molar-refractivity contribution is 5.49. The summed E-state index contributed by atoms with van der Waals surface area (Å²) in [6.07, 6.45) is 8.56. The summed E-state index contributed by atoms with van der Waals surface area (Å²) in [4.78, 5) is 10.5. The van der Waals surface area contributed by atoms with E-state index in [0.29, 0.717) is 29.6 Å². The van der Waals surface area contributed by atoms with E-state index in [-0.39, 0.29) is 6.10 Å². The van der Waals surface area contributed by atoms with E-state index in [4.69, 9.17) is 0 Å². The smallest absolute Gasteiger partial charge is 0.120 e. The van der Waals surface area contributed by atoms with Gasteiger partial charge in [-0.3, -0.25) is 0 Å². The predicted molar refractivity (Wildman–Crippen MR) is 68.6 cm³/mol. The van der Waals surface area contributed by atoms with Crippen LogP contribution in [-0.4, -0.2) is 17.5 Å². The topological polar surface area (TPSA) is 37.3 Å². The van der Waals surface area contributed by atoms with Crippen molar-refractivity contribution in [2.45, 2.75) is 64.9 Å². The molecule has 2 aliphatic carbocycles. The first-order valence-corrected chi connectivity index (χ1v) is 7.21. The second kappa shape index (κ2) is 5.09. The maximum atomic E-state index is 10.5. The van der Waals surface area contributed by atoms with E-state index >= 15 is 0 Å². The van der Waals surface area contributed by atoms with Gasteiger partial charge in [-0.2, -0.15) is 0 Å². The summed E-state index contributed by atoms with van der Waals surface area (Å²) in [7, 11) is 0. The number of carbonyl (C=O) groups is 1. The van der Waals surface area contributed by atoms with Gasteiger partial charge in [0.2, 0.25) is 0 Å². The van der Waals surface area contributed by atoms with E-state index in [2.05, 4.69) is 13.8 Å². The Balaban J connectivity index is 2.06. The number of hydrogen-bond donors (Lipinski definition) is 1. The Kier molecular flexibility index (Phi) is 3.92. The molecule has 0 aliphatic heterocycles. The van der Waals surface area contributed by atoms with Crippen molar-refractivity contribution in [3.05, 3.63) is 0 Å². The molecule has 0 bridgehead atoms. The largest absolute Gasteiger partial charge is 0.393 e. The molecule has 0 aromatic rings. The second-order valence-electron chi connectivity index (χ2n) is 6.48. The lowest BCUT2D eigenvalue weighted by molar-refractivity contribution is -0.108. The first-order valence-electron chi connectivity index (χ1n) is 7.21. The van der Waals surface area contributed by atoms with Crippen molar-refractivity contribution in [2.24, 2.45) is 23.2 Å². The molecular formula is C15H26O2. The molecule has 17 heavy (non-hydrogen) atoms. The molecule has 0 radical (unpaired) electrons. The van der Waals surface area contributed by atoms with Crippen LogP contribution in [-0.2, 0) is 4.79 Å². The highest BCUT2D eigenvalue weighted by Crippen LogP contribution is 2.58. The molecule has 98 valence electrons. The standard InChI is InChI=1S/C15H26O2/c1-11(5-4-10-16)12-7-8-13-14(17)6-3-9-15(12,13)2/h10-14,17H,3-9H2,1-2H3. The number of aliphatic hydroxyl groups excluding tert-OH is 1. The molecule has 2 fully saturated rings. The Bertz CT molecular complexity index is 276. The van der Waals surface area contributed by atoms with Crippen molar-refractivity contribution in [3.63, 3.8) is 0 Å². The van der Waals surface area contributed by atoms with Crippen molar-refractivity contribution in [2.75, 3.05) is 0 Å². The number of aliphatic hydroxyl groups is 1. The van der Waals surface area contributed by atoms with E-state index in [1.165, 1.54) is 25.7 Å². The third kappa shape index (κ3) is 2.29. The maximum Gasteiger partial charge on any atom is 0.120 e. The van der Waals surface area contributed by atoms with E-state index in [1.807, 2.05) is 0 Å². The zero-order chi connectivity index (χ0) is 12.5. The van der Waals surface area contributed by atoms with Crippen molar-refractivity contribution < 1.29 is 9.90 Å². The molecule has 5 atom stereocenters. The van der Waals surface area contributed by atoms with Gasteiger partial charge in [-0.15, -0.1) is 0 Å². The van der Waals surface area contributed by atoms with E-state index < -0.39 is 0 Å². The highest BCUT2D eigenvalue weighted by Gasteiger charge is 2.51. The minimum Gasteiger partial charge on any atom is -0.393 e. The highest BCUT2D eigenvalue weighted by atomic mass is 16.3. The van der Waals surface area contributed by atoms with Crippen molar-refractivity contribution >= 4 is 6.29 Å². The van der Waals surface area contributed by atoms with Gasteiger partial charge in [0, 0.05) is 6.42 Å². The first kappa shape index (κ1) is 13.1. The Morgan fingerprint density at radius 1 is 1.41 bits per heavy atom. The third-order valence-electron chi connectivity index (χ3n) is 5.59. The molecule has 0 aromatic carbocycles. The van der Waals surface area contributed by atoms with E-state index in [1.54, 1.807) is 0 Å². The monoisotopic (exact) mass is 238 g/mol. The van der Waals surface area contributed by atoms with Gasteiger partial charge in [0.1, 0.15) is 6.29 Å². The normalized spacial score (nSPS) is 43.1. The fraction of sp³-hybridized carbons (Fsp3) is 0.933. The average molecular weight is 238 g/mol. The Morgan fingerprint density at radius 3 is 2.88 bits per heavy atom. The van der Waals surface area contributed by atoms with Crippen LogP contribution in [0.2, 0.25) is 0 Å². The lowest BCUT2D eigenvalue weighted by atomic mass is 9.61. The number of rotatable bonds is 4. The second-order valence-corrected chi connectivity index (χ2v) is 6.48. The maximum absolute atomic E-state index is 10.5. The molecule has 0 aromatic heterocycles. The van der Waals surface area contributed by atoms with Crippen LogP contribution >= 0.6 is 0 Å². The van der Waals surface area contributed by atoms with Gasteiger partial charge in [0.15, 0.2) is 0 Å². The van der Waals surface area contributed by atoms with Crippen molar-refractivity contribution in [1.29, 1.82) is 0 Å². The molecule has 0 heterocycles. The molecule has 2 nitrogen and oxygen atoms in total. The van der Waals surface area contributed by atoms with Crippen LogP contribution in [0.5, 0.6) is 0 Å². The molecule has 0 spiro atoms. The Morgan fingerprint density at radius 2 is 2.18 bits per heavy atom. The molecule has 1 N–H and O–H groups in total. The van der Waals surface area contributed by atoms with Crippen LogP contribution in [0.15, 0.2) is 0 Å². The van der Waals surface area contributed by atoms with Crippen molar-refractivity contribution in [3.8, 4) is 0 Å². The summed E-state index contributed by atoms with van der Waals surface area (Å²) < 4.78 is 0. The summed E-state index contributed by atoms with van der Waals surface area (Å²) >= 11 is 0. The Hall–Kier alpha value is -0.370. The minimum atomic E-state index is -0.0722. The lowest BCUT2D eigenvalue weighted by Crippen LogP contribution is -2.41. The molecule has 5 unspecified atom stereocenters. The fourth-order valence-electron chi connectivity index (χ4n) is 4.66. The van der Waals surface area contributed by atoms with Gasteiger partial charge in [0.05, 0.1) is 6.10 Å². The van der Waals surface area contributed by atoms with Gasteiger partial charge in [-0.05, 0) is 55.3 Å².